The topological polar surface area (TPSA) is 26.0 Å². The molecule has 0 saturated carbocycles. The largest absolute Gasteiger partial charge is 0.320 e. The summed E-state index contributed by atoms with van der Waals surface area (Å²) in [6, 6.07) is 15.0. The second-order valence-corrected chi connectivity index (χ2v) is 6.88. The fourth-order valence-corrected chi connectivity index (χ4v) is 3.17. The van der Waals surface area contributed by atoms with Crippen molar-refractivity contribution < 1.29 is 0 Å². The van der Waals surface area contributed by atoms with E-state index in [4.69, 9.17) is 5.73 Å². The van der Waals surface area contributed by atoms with E-state index in [0.717, 1.165) is 6.42 Å². The van der Waals surface area contributed by atoms with Crippen LogP contribution in [-0.2, 0) is 6.42 Å². The standard InChI is InChI=1S/C18H22IN/c1-12(2)10-14-7-5-8-15(11-14)18(20)16-9-4-6-13(3)17(16)19/h4-9,11-12,18H,10,20H2,1-3H3. The van der Waals surface area contributed by atoms with Gasteiger partial charge in [-0.05, 0) is 64.1 Å². The van der Waals surface area contributed by atoms with Crippen LogP contribution in [0.3, 0.4) is 0 Å². The Morgan fingerprint density at radius 3 is 2.50 bits per heavy atom. The van der Waals surface area contributed by atoms with Crippen molar-refractivity contribution in [3.8, 4) is 0 Å². The molecule has 0 bridgehead atoms. The molecule has 0 radical (unpaired) electrons. The molecule has 20 heavy (non-hydrogen) atoms. The average molecular weight is 379 g/mol. The van der Waals surface area contributed by atoms with E-state index in [1.165, 1.54) is 25.8 Å². The van der Waals surface area contributed by atoms with Crippen molar-refractivity contribution in [2.75, 3.05) is 0 Å². The summed E-state index contributed by atoms with van der Waals surface area (Å²) in [5.41, 5.74) is 11.6. The Morgan fingerprint density at radius 1 is 1.10 bits per heavy atom. The van der Waals surface area contributed by atoms with Crippen molar-refractivity contribution in [3.05, 3.63) is 68.3 Å². The van der Waals surface area contributed by atoms with Crippen molar-refractivity contribution in [1.29, 1.82) is 0 Å². The van der Waals surface area contributed by atoms with Crippen LogP contribution in [0.25, 0.3) is 0 Å². The van der Waals surface area contributed by atoms with Crippen LogP contribution in [-0.4, -0.2) is 0 Å². The van der Waals surface area contributed by atoms with Gasteiger partial charge in [0.15, 0.2) is 0 Å². The highest BCUT2D eigenvalue weighted by molar-refractivity contribution is 14.1. The Morgan fingerprint density at radius 2 is 1.80 bits per heavy atom. The van der Waals surface area contributed by atoms with Gasteiger partial charge in [-0.25, -0.2) is 0 Å². The van der Waals surface area contributed by atoms with Gasteiger partial charge in [0.25, 0.3) is 0 Å². The minimum Gasteiger partial charge on any atom is -0.320 e. The Bertz CT molecular complexity index is 590. The molecule has 0 fully saturated rings. The highest BCUT2D eigenvalue weighted by Gasteiger charge is 2.13. The smallest absolute Gasteiger partial charge is 0.0562 e. The summed E-state index contributed by atoms with van der Waals surface area (Å²) in [4.78, 5) is 0. The van der Waals surface area contributed by atoms with Crippen LogP contribution in [0.4, 0.5) is 0 Å². The first-order chi connectivity index (χ1) is 9.49. The molecule has 0 aliphatic rings. The van der Waals surface area contributed by atoms with E-state index < -0.39 is 0 Å². The summed E-state index contributed by atoms with van der Waals surface area (Å²) < 4.78 is 1.27. The van der Waals surface area contributed by atoms with Gasteiger partial charge in [0.2, 0.25) is 0 Å². The second-order valence-electron chi connectivity index (χ2n) is 5.80. The monoisotopic (exact) mass is 379 g/mol. The van der Waals surface area contributed by atoms with E-state index in [1.54, 1.807) is 0 Å². The van der Waals surface area contributed by atoms with Crippen molar-refractivity contribution in [1.82, 2.24) is 0 Å². The molecule has 1 nitrogen and oxygen atoms in total. The van der Waals surface area contributed by atoms with Gasteiger partial charge in [0, 0.05) is 3.57 Å². The molecule has 2 heteroatoms. The van der Waals surface area contributed by atoms with Crippen molar-refractivity contribution in [3.63, 3.8) is 0 Å². The predicted molar refractivity (Wildman–Crippen MR) is 94.9 cm³/mol. The number of halogens is 1. The average Bonchev–Trinajstić information content (AvgIpc) is 2.41. The van der Waals surface area contributed by atoms with Crippen LogP contribution < -0.4 is 5.73 Å². The van der Waals surface area contributed by atoms with Gasteiger partial charge in [-0.3, -0.25) is 0 Å². The summed E-state index contributed by atoms with van der Waals surface area (Å²) in [6.07, 6.45) is 1.10. The molecule has 2 aromatic carbocycles. The number of rotatable bonds is 4. The number of nitrogens with two attached hydrogens (primary N) is 1. The van der Waals surface area contributed by atoms with E-state index in [2.05, 4.69) is 85.8 Å². The van der Waals surface area contributed by atoms with Gasteiger partial charge >= 0.3 is 0 Å². The zero-order valence-corrected chi connectivity index (χ0v) is 14.5. The molecule has 2 aromatic rings. The first kappa shape index (κ1) is 15.5. The zero-order chi connectivity index (χ0) is 14.7. The molecule has 0 aliphatic heterocycles. The van der Waals surface area contributed by atoms with Crippen LogP contribution in [0.5, 0.6) is 0 Å². The number of aryl methyl sites for hydroxylation is 1. The zero-order valence-electron chi connectivity index (χ0n) is 12.4. The third-order valence-electron chi connectivity index (χ3n) is 3.51. The Labute approximate surface area is 135 Å². The van der Waals surface area contributed by atoms with E-state index in [9.17, 15) is 0 Å². The minimum atomic E-state index is -0.0473. The highest BCUT2D eigenvalue weighted by atomic mass is 127. The molecule has 0 aliphatic carbocycles. The van der Waals surface area contributed by atoms with Crippen LogP contribution in [0.15, 0.2) is 42.5 Å². The molecule has 0 heterocycles. The molecule has 0 saturated heterocycles. The quantitative estimate of drug-likeness (QED) is 0.756. The van der Waals surface area contributed by atoms with Crippen LogP contribution in [0.1, 0.15) is 42.1 Å². The van der Waals surface area contributed by atoms with E-state index in [-0.39, 0.29) is 6.04 Å². The molecular formula is C18H22IN. The van der Waals surface area contributed by atoms with Gasteiger partial charge in [-0.15, -0.1) is 0 Å². The minimum absolute atomic E-state index is 0.0473. The lowest BCUT2D eigenvalue weighted by Gasteiger charge is -2.17. The number of hydrogen-bond acceptors (Lipinski definition) is 1. The molecule has 0 amide bonds. The van der Waals surface area contributed by atoms with Gasteiger partial charge in [0.1, 0.15) is 0 Å². The molecule has 1 unspecified atom stereocenters. The van der Waals surface area contributed by atoms with Crippen LogP contribution >= 0.6 is 22.6 Å². The predicted octanol–water partition coefficient (Wildman–Crippen LogP) is 4.85. The summed E-state index contributed by atoms with van der Waals surface area (Å²) in [6.45, 7) is 6.62. The Kier molecular flexibility index (Phi) is 5.22. The first-order valence-electron chi connectivity index (χ1n) is 7.08. The fraction of sp³-hybridized carbons (Fsp3) is 0.333. The lowest BCUT2D eigenvalue weighted by Crippen LogP contribution is -2.14. The normalized spacial score (nSPS) is 12.7. The second kappa shape index (κ2) is 6.72. The van der Waals surface area contributed by atoms with Crippen LogP contribution in [0, 0.1) is 16.4 Å². The van der Waals surface area contributed by atoms with Crippen molar-refractivity contribution in [2.45, 2.75) is 33.2 Å². The van der Waals surface area contributed by atoms with Crippen molar-refractivity contribution >= 4 is 22.6 Å². The van der Waals surface area contributed by atoms with Crippen LogP contribution in [0.2, 0.25) is 0 Å². The molecule has 106 valence electrons. The Hall–Kier alpha value is -0.870. The number of hydrogen-bond donors (Lipinski definition) is 1. The van der Waals surface area contributed by atoms with Crippen molar-refractivity contribution in [2.24, 2.45) is 11.7 Å². The maximum Gasteiger partial charge on any atom is 0.0562 e. The lowest BCUT2D eigenvalue weighted by atomic mass is 9.94. The summed E-state index contributed by atoms with van der Waals surface area (Å²) in [5.74, 6) is 0.667. The molecule has 1 atom stereocenters. The lowest BCUT2D eigenvalue weighted by molar-refractivity contribution is 0.646. The third-order valence-corrected chi connectivity index (χ3v) is 4.98. The maximum atomic E-state index is 6.48. The van der Waals surface area contributed by atoms with E-state index >= 15 is 0 Å². The summed E-state index contributed by atoms with van der Waals surface area (Å²) in [7, 11) is 0. The molecule has 2 N–H and O–H groups in total. The molecule has 2 rings (SSSR count). The SMILES string of the molecule is Cc1cccc(C(N)c2cccc(CC(C)C)c2)c1I. The summed E-state index contributed by atoms with van der Waals surface area (Å²) >= 11 is 2.40. The third kappa shape index (κ3) is 3.61. The Balaban J connectivity index is 2.33. The maximum absolute atomic E-state index is 6.48. The van der Waals surface area contributed by atoms with Gasteiger partial charge in [-0.2, -0.15) is 0 Å². The molecular weight excluding hydrogens is 357 g/mol. The first-order valence-corrected chi connectivity index (χ1v) is 8.16. The van der Waals surface area contributed by atoms with Gasteiger partial charge in [0.05, 0.1) is 6.04 Å². The van der Waals surface area contributed by atoms with Gasteiger partial charge in [-0.1, -0.05) is 56.3 Å². The fourth-order valence-electron chi connectivity index (χ4n) is 2.47. The molecule has 0 aromatic heterocycles. The molecule has 0 spiro atoms. The van der Waals surface area contributed by atoms with E-state index in [1.807, 2.05) is 0 Å². The van der Waals surface area contributed by atoms with Gasteiger partial charge < -0.3 is 5.73 Å². The summed E-state index contributed by atoms with van der Waals surface area (Å²) in [5, 5.41) is 0. The van der Waals surface area contributed by atoms with E-state index in [0.29, 0.717) is 5.92 Å². The number of benzene rings is 2. The highest BCUT2D eigenvalue weighted by Crippen LogP contribution is 2.27.